The summed E-state index contributed by atoms with van der Waals surface area (Å²) >= 11 is 0. The Kier molecular flexibility index (Phi) is 6.55. The lowest BCUT2D eigenvalue weighted by molar-refractivity contribution is 0.141. The molecule has 2 aromatic carbocycles. The van der Waals surface area contributed by atoms with Gasteiger partial charge in [0.25, 0.3) is 5.56 Å². The SMILES string of the molecule is CCN(CC)C(=O)N1CCc2cc(OC)c(OC)cc2[C@H]1c1cc2cc(C)cc(C)c2[nH]c1=O. The molecule has 2 heterocycles. The minimum absolute atomic E-state index is 0.0737. The molecule has 180 valence electrons. The van der Waals surface area contributed by atoms with Crippen LogP contribution in [0, 0.1) is 13.8 Å². The number of aromatic amines is 1. The van der Waals surface area contributed by atoms with Gasteiger partial charge in [0.1, 0.15) is 0 Å². The van der Waals surface area contributed by atoms with E-state index >= 15 is 0 Å². The number of aryl methyl sites for hydroxylation is 2. The lowest BCUT2D eigenvalue weighted by Crippen LogP contribution is -2.49. The molecule has 0 saturated carbocycles. The first-order chi connectivity index (χ1) is 16.3. The van der Waals surface area contributed by atoms with Gasteiger partial charge in [0.15, 0.2) is 11.5 Å². The van der Waals surface area contributed by atoms with Gasteiger partial charge in [-0.05, 0) is 80.5 Å². The second-order valence-corrected chi connectivity index (χ2v) is 8.81. The number of methoxy groups -OCH3 is 2. The van der Waals surface area contributed by atoms with Crippen molar-refractivity contribution in [3.05, 3.63) is 68.5 Å². The summed E-state index contributed by atoms with van der Waals surface area (Å²) in [6.45, 7) is 9.68. The number of urea groups is 1. The van der Waals surface area contributed by atoms with Crippen molar-refractivity contribution in [2.45, 2.75) is 40.2 Å². The van der Waals surface area contributed by atoms with Crippen LogP contribution in [0.25, 0.3) is 10.9 Å². The molecule has 1 aliphatic heterocycles. The second kappa shape index (κ2) is 9.41. The molecular formula is C27H33N3O4. The highest BCUT2D eigenvalue weighted by atomic mass is 16.5. The summed E-state index contributed by atoms with van der Waals surface area (Å²) in [6.07, 6.45) is 0.670. The molecule has 0 fully saturated rings. The van der Waals surface area contributed by atoms with E-state index in [2.05, 4.69) is 17.1 Å². The number of carbonyl (C=O) groups is 1. The zero-order chi connectivity index (χ0) is 24.6. The lowest BCUT2D eigenvalue weighted by atomic mass is 9.87. The minimum atomic E-state index is -0.536. The van der Waals surface area contributed by atoms with Crippen LogP contribution in [0.4, 0.5) is 4.79 Å². The van der Waals surface area contributed by atoms with Gasteiger partial charge in [-0.15, -0.1) is 0 Å². The molecular weight excluding hydrogens is 430 g/mol. The van der Waals surface area contributed by atoms with Crippen LogP contribution in [-0.2, 0) is 6.42 Å². The van der Waals surface area contributed by atoms with Gasteiger partial charge in [0.05, 0.1) is 25.8 Å². The maximum atomic E-state index is 13.6. The molecule has 1 aliphatic rings. The fraction of sp³-hybridized carbons (Fsp3) is 0.407. The highest BCUT2D eigenvalue weighted by Gasteiger charge is 2.36. The monoisotopic (exact) mass is 463 g/mol. The smallest absolute Gasteiger partial charge is 0.320 e. The Morgan fingerprint density at radius 2 is 1.71 bits per heavy atom. The van der Waals surface area contributed by atoms with E-state index in [4.69, 9.17) is 9.47 Å². The van der Waals surface area contributed by atoms with Crippen molar-refractivity contribution in [1.29, 1.82) is 0 Å². The van der Waals surface area contributed by atoms with E-state index in [-0.39, 0.29) is 11.6 Å². The Bertz CT molecular complexity index is 1290. The average molecular weight is 464 g/mol. The Hall–Kier alpha value is -3.48. The average Bonchev–Trinajstić information content (AvgIpc) is 2.83. The van der Waals surface area contributed by atoms with E-state index in [1.165, 1.54) is 0 Å². The number of ether oxygens (including phenoxy) is 2. The molecule has 0 unspecified atom stereocenters. The highest BCUT2D eigenvalue weighted by Crippen LogP contribution is 2.41. The van der Waals surface area contributed by atoms with E-state index < -0.39 is 6.04 Å². The van der Waals surface area contributed by atoms with Crippen LogP contribution in [0.3, 0.4) is 0 Å². The summed E-state index contributed by atoms with van der Waals surface area (Å²) in [5.74, 6) is 1.22. The summed E-state index contributed by atoms with van der Waals surface area (Å²) in [4.78, 5) is 33.8. The van der Waals surface area contributed by atoms with E-state index in [9.17, 15) is 9.59 Å². The molecule has 0 aliphatic carbocycles. The Balaban J connectivity index is 1.98. The van der Waals surface area contributed by atoms with Crippen LogP contribution in [0.2, 0.25) is 0 Å². The molecule has 3 aromatic rings. The van der Waals surface area contributed by atoms with Crippen molar-refractivity contribution in [3.63, 3.8) is 0 Å². The van der Waals surface area contributed by atoms with Crippen molar-refractivity contribution >= 4 is 16.9 Å². The van der Waals surface area contributed by atoms with Gasteiger partial charge >= 0.3 is 6.03 Å². The summed E-state index contributed by atoms with van der Waals surface area (Å²) in [5.41, 5.74) is 5.25. The van der Waals surface area contributed by atoms with Gasteiger partial charge in [-0.3, -0.25) is 4.79 Å². The van der Waals surface area contributed by atoms with Gasteiger partial charge in [-0.1, -0.05) is 11.6 Å². The fourth-order valence-corrected chi connectivity index (χ4v) is 5.07. The number of carbonyl (C=O) groups excluding carboxylic acids is 1. The number of aromatic nitrogens is 1. The van der Waals surface area contributed by atoms with Crippen LogP contribution in [0.5, 0.6) is 11.5 Å². The van der Waals surface area contributed by atoms with Gasteiger partial charge in [-0.2, -0.15) is 0 Å². The summed E-state index contributed by atoms with van der Waals surface area (Å²) in [6, 6.07) is 9.32. The Morgan fingerprint density at radius 3 is 2.35 bits per heavy atom. The van der Waals surface area contributed by atoms with Gasteiger partial charge in [-0.25, -0.2) is 4.79 Å². The zero-order valence-corrected chi connectivity index (χ0v) is 20.8. The predicted molar refractivity (Wildman–Crippen MR) is 134 cm³/mol. The third-order valence-electron chi connectivity index (χ3n) is 6.77. The molecule has 0 radical (unpaired) electrons. The standard InChI is InChI=1S/C27H33N3O4/c1-7-29(8-2)27(32)30-10-9-18-14-22(33-5)23(34-6)15-20(18)25(30)21-13-19-12-16(3)11-17(4)24(19)28-26(21)31/h11-15,25H,7-10H2,1-6H3,(H,28,31)/t25-/m0/s1. The molecule has 4 rings (SSSR count). The molecule has 7 nitrogen and oxygen atoms in total. The molecule has 0 saturated heterocycles. The van der Waals surface area contributed by atoms with E-state index in [0.29, 0.717) is 43.1 Å². The van der Waals surface area contributed by atoms with Crippen LogP contribution < -0.4 is 15.0 Å². The molecule has 0 bridgehead atoms. The van der Waals surface area contributed by atoms with E-state index in [1.54, 1.807) is 19.1 Å². The Labute approximate surface area is 200 Å². The molecule has 34 heavy (non-hydrogen) atoms. The van der Waals surface area contributed by atoms with E-state index in [1.807, 2.05) is 50.8 Å². The fourth-order valence-electron chi connectivity index (χ4n) is 5.07. The van der Waals surface area contributed by atoms with Crippen molar-refractivity contribution < 1.29 is 14.3 Å². The first-order valence-corrected chi connectivity index (χ1v) is 11.8. The Morgan fingerprint density at radius 1 is 1.03 bits per heavy atom. The number of nitrogens with one attached hydrogen (secondary N) is 1. The highest BCUT2D eigenvalue weighted by molar-refractivity contribution is 5.83. The number of hydrogen-bond acceptors (Lipinski definition) is 4. The quantitative estimate of drug-likeness (QED) is 0.601. The minimum Gasteiger partial charge on any atom is -0.493 e. The van der Waals surface area contributed by atoms with Crippen molar-refractivity contribution in [3.8, 4) is 11.5 Å². The molecule has 1 atom stereocenters. The number of H-pyrrole nitrogens is 1. The van der Waals surface area contributed by atoms with Crippen molar-refractivity contribution in [2.24, 2.45) is 0 Å². The maximum absolute atomic E-state index is 13.6. The van der Waals surface area contributed by atoms with Gasteiger partial charge < -0.3 is 24.3 Å². The number of fused-ring (bicyclic) bond motifs is 2. The maximum Gasteiger partial charge on any atom is 0.320 e. The largest absolute Gasteiger partial charge is 0.493 e. The number of nitrogens with zero attached hydrogens (tertiary/aromatic N) is 2. The third kappa shape index (κ3) is 4.00. The third-order valence-corrected chi connectivity index (χ3v) is 6.77. The number of hydrogen-bond donors (Lipinski definition) is 1. The zero-order valence-electron chi connectivity index (χ0n) is 20.8. The molecule has 1 N–H and O–H groups in total. The van der Waals surface area contributed by atoms with Crippen molar-refractivity contribution in [1.82, 2.24) is 14.8 Å². The first-order valence-electron chi connectivity index (χ1n) is 11.8. The first kappa shape index (κ1) is 23.7. The van der Waals surface area contributed by atoms with E-state index in [0.717, 1.165) is 33.2 Å². The topological polar surface area (TPSA) is 74.9 Å². The molecule has 7 heteroatoms. The summed E-state index contributed by atoms with van der Waals surface area (Å²) in [7, 11) is 3.20. The number of benzene rings is 2. The number of rotatable bonds is 5. The van der Waals surface area contributed by atoms with Crippen LogP contribution in [0.15, 0.2) is 35.1 Å². The molecule has 1 aromatic heterocycles. The second-order valence-electron chi connectivity index (χ2n) is 8.81. The van der Waals surface area contributed by atoms with Crippen molar-refractivity contribution in [2.75, 3.05) is 33.9 Å². The van der Waals surface area contributed by atoms with Gasteiger partial charge in [0, 0.05) is 25.2 Å². The lowest BCUT2D eigenvalue weighted by Gasteiger charge is -2.40. The molecule has 0 spiro atoms. The van der Waals surface area contributed by atoms with Crippen LogP contribution in [0.1, 0.15) is 47.7 Å². The summed E-state index contributed by atoms with van der Waals surface area (Å²) in [5, 5.41) is 0.954. The predicted octanol–water partition coefficient (Wildman–Crippen LogP) is 4.57. The molecule has 2 amide bonds. The number of amides is 2. The normalized spacial score (nSPS) is 15.2. The summed E-state index contributed by atoms with van der Waals surface area (Å²) < 4.78 is 11.1. The van der Waals surface area contributed by atoms with Gasteiger partial charge in [0.2, 0.25) is 0 Å². The van der Waals surface area contributed by atoms with Crippen LogP contribution in [-0.4, -0.2) is 54.7 Å². The van der Waals surface area contributed by atoms with Crippen LogP contribution >= 0.6 is 0 Å². The number of pyridine rings is 1.